The Kier molecular flexibility index (Phi) is 6.73. The van der Waals surface area contributed by atoms with Gasteiger partial charge >= 0.3 is 0 Å². The lowest BCUT2D eigenvalue weighted by atomic mass is 10.1. The van der Waals surface area contributed by atoms with Crippen LogP contribution in [-0.4, -0.2) is 40.1 Å². The SMILES string of the molecule is COc1cccc(-n2cnnc2SCC(=O)NCCc2cccc(Cl)c2)c1. The van der Waals surface area contributed by atoms with Crippen LogP contribution in [0, 0.1) is 0 Å². The second-order valence-corrected chi connectivity index (χ2v) is 7.08. The van der Waals surface area contributed by atoms with Crippen LogP contribution in [-0.2, 0) is 11.2 Å². The van der Waals surface area contributed by atoms with Crippen molar-refractivity contribution in [2.24, 2.45) is 0 Å². The molecule has 1 aromatic heterocycles. The molecule has 0 bridgehead atoms. The maximum Gasteiger partial charge on any atom is 0.230 e. The van der Waals surface area contributed by atoms with Crippen molar-refractivity contribution in [1.29, 1.82) is 0 Å². The van der Waals surface area contributed by atoms with Crippen LogP contribution in [0.2, 0.25) is 5.02 Å². The summed E-state index contributed by atoms with van der Waals surface area (Å²) in [6.45, 7) is 0.558. The van der Waals surface area contributed by atoms with Gasteiger partial charge in [0, 0.05) is 17.6 Å². The monoisotopic (exact) mass is 402 g/mol. The van der Waals surface area contributed by atoms with Gasteiger partial charge in [0.15, 0.2) is 5.16 Å². The largest absolute Gasteiger partial charge is 0.497 e. The minimum absolute atomic E-state index is 0.0535. The zero-order chi connectivity index (χ0) is 19.1. The van der Waals surface area contributed by atoms with Crippen molar-refractivity contribution in [3.63, 3.8) is 0 Å². The van der Waals surface area contributed by atoms with Gasteiger partial charge in [-0.15, -0.1) is 10.2 Å². The number of halogens is 1. The molecule has 140 valence electrons. The Morgan fingerprint density at radius 3 is 2.93 bits per heavy atom. The van der Waals surface area contributed by atoms with Gasteiger partial charge in [0.05, 0.1) is 18.6 Å². The third kappa shape index (κ3) is 5.48. The van der Waals surface area contributed by atoms with Gasteiger partial charge < -0.3 is 10.1 Å². The molecule has 0 radical (unpaired) electrons. The molecule has 8 heteroatoms. The number of aromatic nitrogens is 3. The molecule has 0 unspecified atom stereocenters. The topological polar surface area (TPSA) is 69.0 Å². The molecule has 27 heavy (non-hydrogen) atoms. The number of nitrogens with zero attached hydrogens (tertiary/aromatic N) is 3. The summed E-state index contributed by atoms with van der Waals surface area (Å²) in [5, 5.41) is 12.3. The number of carbonyl (C=O) groups excluding carboxylic acids is 1. The van der Waals surface area contributed by atoms with E-state index in [4.69, 9.17) is 16.3 Å². The summed E-state index contributed by atoms with van der Waals surface area (Å²) in [5.74, 6) is 0.955. The van der Waals surface area contributed by atoms with Crippen LogP contribution in [0.3, 0.4) is 0 Å². The summed E-state index contributed by atoms with van der Waals surface area (Å²) in [5.41, 5.74) is 1.97. The normalized spacial score (nSPS) is 10.6. The molecule has 0 aliphatic heterocycles. The van der Waals surface area contributed by atoms with Crippen LogP contribution >= 0.6 is 23.4 Å². The van der Waals surface area contributed by atoms with E-state index >= 15 is 0 Å². The second-order valence-electron chi connectivity index (χ2n) is 5.70. The fourth-order valence-electron chi connectivity index (χ4n) is 2.48. The number of benzene rings is 2. The van der Waals surface area contributed by atoms with Crippen molar-refractivity contribution in [2.75, 3.05) is 19.4 Å². The van der Waals surface area contributed by atoms with Gasteiger partial charge in [-0.3, -0.25) is 9.36 Å². The lowest BCUT2D eigenvalue weighted by Gasteiger charge is -2.08. The second kappa shape index (κ2) is 9.43. The third-order valence-corrected chi connectivity index (χ3v) is 4.98. The van der Waals surface area contributed by atoms with Crippen LogP contribution in [0.15, 0.2) is 60.0 Å². The summed E-state index contributed by atoms with van der Waals surface area (Å²) in [6.07, 6.45) is 2.35. The zero-order valence-corrected chi connectivity index (χ0v) is 16.3. The fourth-order valence-corrected chi connectivity index (χ4v) is 3.45. The van der Waals surface area contributed by atoms with Crippen molar-refractivity contribution in [3.05, 3.63) is 65.4 Å². The number of carbonyl (C=O) groups is 1. The highest BCUT2D eigenvalue weighted by Crippen LogP contribution is 2.22. The number of methoxy groups -OCH3 is 1. The number of amides is 1. The first kappa shape index (κ1) is 19.3. The predicted molar refractivity (Wildman–Crippen MR) is 107 cm³/mol. The molecule has 0 spiro atoms. The zero-order valence-electron chi connectivity index (χ0n) is 14.8. The van der Waals surface area contributed by atoms with Gasteiger partial charge in [0.1, 0.15) is 12.1 Å². The molecular weight excluding hydrogens is 384 g/mol. The Labute approximate surface area is 166 Å². The smallest absolute Gasteiger partial charge is 0.230 e. The lowest BCUT2D eigenvalue weighted by Crippen LogP contribution is -2.27. The highest BCUT2D eigenvalue weighted by Gasteiger charge is 2.10. The molecule has 0 aliphatic carbocycles. The molecule has 0 aliphatic rings. The Morgan fingerprint density at radius 1 is 1.26 bits per heavy atom. The van der Waals surface area contributed by atoms with Crippen LogP contribution in [0.1, 0.15) is 5.56 Å². The van der Waals surface area contributed by atoms with E-state index in [0.717, 1.165) is 23.4 Å². The first-order valence-electron chi connectivity index (χ1n) is 8.34. The highest BCUT2D eigenvalue weighted by atomic mass is 35.5. The minimum atomic E-state index is -0.0535. The van der Waals surface area contributed by atoms with E-state index in [9.17, 15) is 4.79 Å². The molecule has 0 fully saturated rings. The van der Waals surface area contributed by atoms with Crippen LogP contribution in [0.5, 0.6) is 5.75 Å². The van der Waals surface area contributed by atoms with Crippen molar-refractivity contribution >= 4 is 29.3 Å². The number of ether oxygens (including phenoxy) is 1. The van der Waals surface area contributed by atoms with E-state index < -0.39 is 0 Å². The first-order valence-corrected chi connectivity index (χ1v) is 9.70. The molecule has 0 atom stereocenters. The lowest BCUT2D eigenvalue weighted by molar-refractivity contribution is -0.118. The maximum atomic E-state index is 12.1. The van der Waals surface area contributed by atoms with Gasteiger partial charge in [0.2, 0.25) is 5.91 Å². The number of rotatable bonds is 8. The van der Waals surface area contributed by atoms with E-state index in [-0.39, 0.29) is 11.7 Å². The summed E-state index contributed by atoms with van der Waals surface area (Å²) < 4.78 is 7.07. The summed E-state index contributed by atoms with van der Waals surface area (Å²) in [7, 11) is 1.62. The van der Waals surface area contributed by atoms with Crippen molar-refractivity contribution < 1.29 is 9.53 Å². The van der Waals surface area contributed by atoms with E-state index in [0.29, 0.717) is 16.7 Å². The number of thioether (sulfide) groups is 1. The molecule has 1 N–H and O–H groups in total. The standard InChI is InChI=1S/C19H19ClN4O2S/c1-26-17-7-3-6-16(11-17)24-13-22-23-19(24)27-12-18(25)21-9-8-14-4-2-5-15(20)10-14/h2-7,10-11,13H,8-9,12H2,1H3,(H,21,25). The average molecular weight is 403 g/mol. The molecule has 1 amide bonds. The van der Waals surface area contributed by atoms with Gasteiger partial charge in [0.25, 0.3) is 0 Å². The van der Waals surface area contributed by atoms with Crippen molar-refractivity contribution in [2.45, 2.75) is 11.6 Å². The number of hydrogen-bond donors (Lipinski definition) is 1. The minimum Gasteiger partial charge on any atom is -0.497 e. The van der Waals surface area contributed by atoms with Crippen molar-refractivity contribution in [1.82, 2.24) is 20.1 Å². The maximum absolute atomic E-state index is 12.1. The Balaban J connectivity index is 1.51. The fraction of sp³-hybridized carbons (Fsp3) is 0.211. The molecule has 1 heterocycles. The van der Waals surface area contributed by atoms with Crippen molar-refractivity contribution in [3.8, 4) is 11.4 Å². The number of hydrogen-bond acceptors (Lipinski definition) is 5. The van der Waals surface area contributed by atoms with E-state index in [1.807, 2.05) is 53.1 Å². The van der Waals surface area contributed by atoms with E-state index in [1.165, 1.54) is 11.8 Å². The summed E-state index contributed by atoms with van der Waals surface area (Å²) >= 11 is 7.30. The van der Waals surface area contributed by atoms with Crippen LogP contribution < -0.4 is 10.1 Å². The van der Waals surface area contributed by atoms with Gasteiger partial charge in [-0.1, -0.05) is 41.6 Å². The molecule has 3 aromatic rings. The molecule has 0 saturated carbocycles. The van der Waals surface area contributed by atoms with Gasteiger partial charge in [-0.2, -0.15) is 0 Å². The molecule has 2 aromatic carbocycles. The predicted octanol–water partition coefficient (Wildman–Crippen LogP) is 3.38. The molecular formula is C19H19ClN4O2S. The van der Waals surface area contributed by atoms with E-state index in [1.54, 1.807) is 13.4 Å². The average Bonchev–Trinajstić information content (AvgIpc) is 3.15. The molecule has 3 rings (SSSR count). The summed E-state index contributed by atoms with van der Waals surface area (Å²) in [6, 6.07) is 15.2. The van der Waals surface area contributed by atoms with Crippen LogP contribution in [0.4, 0.5) is 0 Å². The summed E-state index contributed by atoms with van der Waals surface area (Å²) in [4.78, 5) is 12.1. The Bertz CT molecular complexity index is 916. The first-order chi connectivity index (χ1) is 13.2. The van der Waals surface area contributed by atoms with Gasteiger partial charge in [-0.25, -0.2) is 0 Å². The van der Waals surface area contributed by atoms with Crippen LogP contribution in [0.25, 0.3) is 5.69 Å². The molecule has 0 saturated heterocycles. The Hall–Kier alpha value is -2.51. The quantitative estimate of drug-likeness (QED) is 0.585. The van der Waals surface area contributed by atoms with E-state index in [2.05, 4.69) is 15.5 Å². The number of nitrogens with one attached hydrogen (secondary N) is 1. The molecule has 6 nitrogen and oxygen atoms in total. The Morgan fingerprint density at radius 2 is 2.11 bits per heavy atom. The highest BCUT2D eigenvalue weighted by molar-refractivity contribution is 7.99. The van der Waals surface area contributed by atoms with Gasteiger partial charge in [-0.05, 0) is 36.2 Å². The third-order valence-electron chi connectivity index (χ3n) is 3.81.